The highest BCUT2D eigenvalue weighted by Gasteiger charge is 2.16. The summed E-state index contributed by atoms with van der Waals surface area (Å²) in [6.45, 7) is 6.86. The van der Waals surface area contributed by atoms with Gasteiger partial charge in [-0.3, -0.25) is 0 Å². The van der Waals surface area contributed by atoms with Gasteiger partial charge < -0.3 is 19.1 Å². The zero-order valence-corrected chi connectivity index (χ0v) is 19.9. The number of thioether (sulfide) groups is 1. The van der Waals surface area contributed by atoms with Crippen molar-refractivity contribution in [3.05, 3.63) is 72.0 Å². The third-order valence-electron chi connectivity index (χ3n) is 5.36. The molecular weight excluding hydrogens is 434 g/mol. The lowest BCUT2D eigenvalue weighted by Crippen LogP contribution is -2.33. The minimum atomic E-state index is -0.446. The summed E-state index contributed by atoms with van der Waals surface area (Å²) in [5.74, 6) is 1.73. The van der Waals surface area contributed by atoms with Crippen LogP contribution in [0.15, 0.2) is 71.3 Å². The van der Waals surface area contributed by atoms with Gasteiger partial charge in [-0.2, -0.15) is 0 Å². The van der Waals surface area contributed by atoms with Gasteiger partial charge in [0.25, 0.3) is 0 Å². The largest absolute Gasteiger partial charge is 0.492 e. The first-order valence-corrected chi connectivity index (χ1v) is 12.3. The van der Waals surface area contributed by atoms with Crippen LogP contribution in [0.4, 0.5) is 5.69 Å². The van der Waals surface area contributed by atoms with E-state index in [1.54, 1.807) is 13.0 Å². The second-order valence-electron chi connectivity index (χ2n) is 7.58. The Hall–Kier alpha value is -3.12. The first-order valence-electron chi connectivity index (χ1n) is 11.3. The minimum absolute atomic E-state index is 0.219. The van der Waals surface area contributed by atoms with Crippen LogP contribution in [-0.4, -0.2) is 44.6 Å². The third-order valence-corrected chi connectivity index (χ3v) is 6.41. The number of para-hydroxylation sites is 1. The van der Waals surface area contributed by atoms with E-state index in [2.05, 4.69) is 35.2 Å². The molecule has 172 valence electrons. The summed E-state index contributed by atoms with van der Waals surface area (Å²) in [7, 11) is 0. The van der Waals surface area contributed by atoms with Crippen molar-refractivity contribution in [3.8, 4) is 5.75 Å². The SMILES string of the molecule is CCOC(=O)C(=Cc1ccc2cc(OCCN3CCSc4ccccc43)ccc2c1)OCC. The Bertz CT molecular complexity index is 1140. The van der Waals surface area contributed by atoms with E-state index in [1.165, 1.54) is 10.6 Å². The molecule has 1 aliphatic rings. The molecule has 0 spiro atoms. The summed E-state index contributed by atoms with van der Waals surface area (Å²) < 4.78 is 16.6. The number of carbonyl (C=O) groups is 1. The smallest absolute Gasteiger partial charge is 0.373 e. The standard InChI is InChI=1S/C27H29NO4S/c1-3-30-25(27(29)31-4-2)18-20-9-10-22-19-23(12-11-21(22)17-20)32-15-13-28-14-16-33-26-8-6-5-7-24(26)28/h5-12,17-19H,3-4,13-16H2,1-2H3. The van der Waals surface area contributed by atoms with E-state index >= 15 is 0 Å². The summed E-state index contributed by atoms with van der Waals surface area (Å²) in [5, 5.41) is 2.15. The third kappa shape index (κ3) is 5.82. The lowest BCUT2D eigenvalue weighted by Gasteiger charge is -2.30. The monoisotopic (exact) mass is 463 g/mol. The average Bonchev–Trinajstić information content (AvgIpc) is 2.84. The van der Waals surface area contributed by atoms with Crippen LogP contribution in [-0.2, 0) is 14.3 Å². The molecule has 3 aromatic carbocycles. The van der Waals surface area contributed by atoms with Crippen LogP contribution in [0, 0.1) is 0 Å². The van der Waals surface area contributed by atoms with Crippen LogP contribution >= 0.6 is 11.8 Å². The Kier molecular flexibility index (Phi) is 7.79. The molecule has 0 atom stereocenters. The lowest BCUT2D eigenvalue weighted by molar-refractivity contribution is -0.142. The van der Waals surface area contributed by atoms with E-state index in [0.717, 1.165) is 40.9 Å². The molecule has 0 fully saturated rings. The van der Waals surface area contributed by atoms with Crippen molar-refractivity contribution in [1.29, 1.82) is 0 Å². The number of hydrogen-bond acceptors (Lipinski definition) is 6. The summed E-state index contributed by atoms with van der Waals surface area (Å²) in [6.07, 6.45) is 1.72. The molecule has 0 aliphatic carbocycles. The van der Waals surface area contributed by atoms with Gasteiger partial charge >= 0.3 is 5.97 Å². The van der Waals surface area contributed by atoms with Gasteiger partial charge in [-0.1, -0.05) is 30.3 Å². The normalized spacial score (nSPS) is 13.5. The van der Waals surface area contributed by atoms with Crippen LogP contribution in [0.1, 0.15) is 19.4 Å². The molecule has 0 radical (unpaired) electrons. The topological polar surface area (TPSA) is 48.0 Å². The average molecular weight is 464 g/mol. The Balaban J connectivity index is 1.42. The quantitative estimate of drug-likeness (QED) is 0.228. The van der Waals surface area contributed by atoms with Gasteiger partial charge in [-0.25, -0.2) is 4.79 Å². The number of ether oxygens (including phenoxy) is 3. The van der Waals surface area contributed by atoms with Crippen molar-refractivity contribution >= 4 is 40.3 Å². The number of anilines is 1. The number of hydrogen-bond donors (Lipinski definition) is 0. The molecular formula is C27H29NO4S. The maximum atomic E-state index is 12.1. The van der Waals surface area contributed by atoms with Crippen LogP contribution < -0.4 is 9.64 Å². The molecule has 5 nitrogen and oxygen atoms in total. The van der Waals surface area contributed by atoms with Crippen molar-refractivity contribution in [1.82, 2.24) is 0 Å². The van der Waals surface area contributed by atoms with Crippen LogP contribution in [0.25, 0.3) is 16.8 Å². The Morgan fingerprint density at radius 3 is 2.64 bits per heavy atom. The summed E-state index contributed by atoms with van der Waals surface area (Å²) >= 11 is 1.91. The number of rotatable bonds is 9. The molecule has 4 rings (SSSR count). The van der Waals surface area contributed by atoms with Gasteiger partial charge in [0, 0.05) is 17.2 Å². The first-order chi connectivity index (χ1) is 16.2. The van der Waals surface area contributed by atoms with Gasteiger partial charge in [0.1, 0.15) is 12.4 Å². The molecule has 0 aromatic heterocycles. The molecule has 0 bridgehead atoms. The number of benzene rings is 3. The van der Waals surface area contributed by atoms with E-state index in [9.17, 15) is 4.79 Å². The van der Waals surface area contributed by atoms with Crippen molar-refractivity contribution in [2.75, 3.05) is 43.6 Å². The molecule has 0 saturated carbocycles. The molecule has 0 saturated heterocycles. The Morgan fingerprint density at radius 2 is 1.79 bits per heavy atom. The van der Waals surface area contributed by atoms with Crippen LogP contribution in [0.2, 0.25) is 0 Å². The number of nitrogens with zero attached hydrogens (tertiary/aromatic N) is 1. The minimum Gasteiger partial charge on any atom is -0.492 e. The second-order valence-corrected chi connectivity index (χ2v) is 8.72. The predicted molar refractivity (Wildman–Crippen MR) is 135 cm³/mol. The Labute approximate surface area is 199 Å². The second kappa shape index (κ2) is 11.1. The van der Waals surface area contributed by atoms with Crippen molar-refractivity contribution in [2.24, 2.45) is 0 Å². The van der Waals surface area contributed by atoms with Crippen LogP contribution in [0.5, 0.6) is 5.75 Å². The number of carbonyl (C=O) groups excluding carboxylic acids is 1. The summed E-state index contributed by atoms with van der Waals surface area (Å²) in [5.41, 5.74) is 2.18. The van der Waals surface area contributed by atoms with Crippen LogP contribution in [0.3, 0.4) is 0 Å². The van der Waals surface area contributed by atoms with Crippen molar-refractivity contribution < 1.29 is 19.0 Å². The Morgan fingerprint density at radius 1 is 1.00 bits per heavy atom. The molecule has 33 heavy (non-hydrogen) atoms. The maximum Gasteiger partial charge on any atom is 0.373 e. The van der Waals surface area contributed by atoms with Gasteiger partial charge in [0.2, 0.25) is 5.76 Å². The molecule has 0 unspecified atom stereocenters. The lowest BCUT2D eigenvalue weighted by atomic mass is 10.1. The molecule has 0 N–H and O–H groups in total. The predicted octanol–water partition coefficient (Wildman–Crippen LogP) is 5.77. The fraction of sp³-hybridized carbons (Fsp3) is 0.296. The van der Waals surface area contributed by atoms with Gasteiger partial charge in [0.15, 0.2) is 0 Å². The highest BCUT2D eigenvalue weighted by Crippen LogP contribution is 2.34. The van der Waals surface area contributed by atoms with E-state index in [-0.39, 0.29) is 5.76 Å². The maximum absolute atomic E-state index is 12.1. The summed E-state index contributed by atoms with van der Waals surface area (Å²) in [4.78, 5) is 15.8. The zero-order valence-electron chi connectivity index (χ0n) is 19.1. The molecule has 1 aliphatic heterocycles. The molecule has 0 amide bonds. The number of esters is 1. The fourth-order valence-corrected chi connectivity index (χ4v) is 4.87. The highest BCUT2D eigenvalue weighted by atomic mass is 32.2. The highest BCUT2D eigenvalue weighted by molar-refractivity contribution is 7.99. The first kappa shape index (κ1) is 23.1. The fourth-order valence-electron chi connectivity index (χ4n) is 3.82. The van der Waals surface area contributed by atoms with E-state index in [1.807, 2.05) is 49.0 Å². The number of fused-ring (bicyclic) bond motifs is 2. The zero-order chi connectivity index (χ0) is 23.0. The van der Waals surface area contributed by atoms with Gasteiger partial charge in [0.05, 0.1) is 25.4 Å². The molecule has 6 heteroatoms. The molecule has 3 aromatic rings. The van der Waals surface area contributed by atoms with Crippen molar-refractivity contribution in [2.45, 2.75) is 18.7 Å². The van der Waals surface area contributed by atoms with Gasteiger partial charge in [-0.15, -0.1) is 11.8 Å². The van der Waals surface area contributed by atoms with E-state index < -0.39 is 5.97 Å². The summed E-state index contributed by atoms with van der Waals surface area (Å²) in [6, 6.07) is 20.7. The van der Waals surface area contributed by atoms with Crippen molar-refractivity contribution in [3.63, 3.8) is 0 Å². The van der Waals surface area contributed by atoms with Gasteiger partial charge in [-0.05, 0) is 66.6 Å². The molecule has 1 heterocycles. The van der Waals surface area contributed by atoms with E-state index in [4.69, 9.17) is 14.2 Å². The van der Waals surface area contributed by atoms with E-state index in [0.29, 0.717) is 19.8 Å².